The quantitative estimate of drug-likeness (QED) is 0.618. The zero-order valence-corrected chi connectivity index (χ0v) is 11.1. The fourth-order valence-corrected chi connectivity index (χ4v) is 3.71. The molecule has 1 aliphatic rings. The molecule has 0 saturated carbocycles. The van der Waals surface area contributed by atoms with Gasteiger partial charge in [0.15, 0.2) is 0 Å². The van der Waals surface area contributed by atoms with Crippen LogP contribution in [-0.2, 0) is 10.0 Å². The summed E-state index contributed by atoms with van der Waals surface area (Å²) in [7, 11) is -3.95. The number of aromatic nitrogens is 1. The third-order valence-corrected chi connectivity index (χ3v) is 4.90. The van der Waals surface area contributed by atoms with Crippen LogP contribution in [0.1, 0.15) is 6.92 Å². The average molecular weight is 286 g/mol. The number of nitrogens with zero attached hydrogens (tertiary/aromatic N) is 3. The van der Waals surface area contributed by atoms with Gasteiger partial charge in [0.05, 0.1) is 4.92 Å². The molecule has 1 fully saturated rings. The van der Waals surface area contributed by atoms with Crippen LogP contribution in [0.25, 0.3) is 0 Å². The highest BCUT2D eigenvalue weighted by Gasteiger charge is 2.36. The molecule has 1 aromatic rings. The summed E-state index contributed by atoms with van der Waals surface area (Å²) in [5.74, 6) is 0. The minimum Gasteiger partial charge on any atom is -0.314 e. The lowest BCUT2D eigenvalue weighted by molar-refractivity contribution is -0.388. The summed E-state index contributed by atoms with van der Waals surface area (Å²) >= 11 is 0. The van der Waals surface area contributed by atoms with E-state index < -0.39 is 25.7 Å². The summed E-state index contributed by atoms with van der Waals surface area (Å²) in [4.78, 5) is 13.9. The minimum atomic E-state index is -3.95. The highest BCUT2D eigenvalue weighted by molar-refractivity contribution is 7.89. The van der Waals surface area contributed by atoms with Crippen LogP contribution in [0, 0.1) is 10.1 Å². The Morgan fingerprint density at radius 1 is 1.58 bits per heavy atom. The molecule has 0 radical (unpaired) electrons. The summed E-state index contributed by atoms with van der Waals surface area (Å²) in [5.41, 5.74) is -0.492. The second-order valence-corrected chi connectivity index (χ2v) is 6.06. The van der Waals surface area contributed by atoms with Crippen LogP contribution in [0.2, 0.25) is 0 Å². The van der Waals surface area contributed by atoms with Gasteiger partial charge in [0.25, 0.3) is 10.0 Å². The number of nitrogens with one attached hydrogen (secondary N) is 1. The molecule has 0 bridgehead atoms. The second-order valence-electron chi connectivity index (χ2n) is 4.25. The molecule has 2 heterocycles. The van der Waals surface area contributed by atoms with E-state index in [4.69, 9.17) is 0 Å². The van der Waals surface area contributed by atoms with Crippen LogP contribution in [0.4, 0.5) is 5.69 Å². The molecule has 8 nitrogen and oxygen atoms in total. The first-order valence-electron chi connectivity index (χ1n) is 5.76. The maximum atomic E-state index is 12.5. The maximum Gasteiger partial charge on any atom is 0.308 e. The molecule has 0 aromatic carbocycles. The standard InChI is InChI=1S/C10H14N4O4S/c1-8-7-11-5-6-13(8)19(17,18)10-9(14(15)16)3-2-4-12-10/h2-4,8,11H,5-7H2,1H3/t8-/m0/s1. The Hall–Kier alpha value is -1.58. The molecule has 0 aliphatic carbocycles. The predicted octanol–water partition coefficient (Wildman–Crippen LogP) is -0.0278. The van der Waals surface area contributed by atoms with E-state index >= 15 is 0 Å². The first kappa shape index (κ1) is 13.8. The van der Waals surface area contributed by atoms with Crippen molar-refractivity contribution >= 4 is 15.7 Å². The van der Waals surface area contributed by atoms with Crippen LogP contribution in [0.5, 0.6) is 0 Å². The van der Waals surface area contributed by atoms with Crippen molar-refractivity contribution in [2.45, 2.75) is 18.0 Å². The van der Waals surface area contributed by atoms with Crippen molar-refractivity contribution in [3.05, 3.63) is 28.4 Å². The van der Waals surface area contributed by atoms with Crippen LogP contribution >= 0.6 is 0 Å². The largest absolute Gasteiger partial charge is 0.314 e. The van der Waals surface area contributed by atoms with E-state index in [-0.39, 0.29) is 12.6 Å². The summed E-state index contributed by atoms with van der Waals surface area (Å²) in [6.45, 7) is 3.06. The SMILES string of the molecule is C[C@H]1CNCCN1S(=O)(=O)c1ncccc1[N+](=O)[O-]. The van der Waals surface area contributed by atoms with E-state index in [9.17, 15) is 18.5 Å². The Bertz CT molecular complexity index is 589. The van der Waals surface area contributed by atoms with Crippen LogP contribution in [-0.4, -0.2) is 48.3 Å². The first-order valence-corrected chi connectivity index (χ1v) is 7.20. The molecule has 1 aliphatic heterocycles. The highest BCUT2D eigenvalue weighted by atomic mass is 32.2. The van der Waals surface area contributed by atoms with E-state index in [1.54, 1.807) is 6.92 Å². The van der Waals surface area contributed by atoms with E-state index in [1.807, 2.05) is 0 Å². The van der Waals surface area contributed by atoms with Crippen molar-refractivity contribution in [2.75, 3.05) is 19.6 Å². The normalized spacial score (nSPS) is 21.2. The van der Waals surface area contributed by atoms with Crippen molar-refractivity contribution < 1.29 is 13.3 Å². The smallest absolute Gasteiger partial charge is 0.308 e. The molecule has 104 valence electrons. The number of hydrogen-bond donors (Lipinski definition) is 1. The molecular formula is C10H14N4O4S. The molecule has 0 amide bonds. The van der Waals surface area contributed by atoms with Crippen molar-refractivity contribution in [1.29, 1.82) is 0 Å². The van der Waals surface area contributed by atoms with Gasteiger partial charge < -0.3 is 5.32 Å². The summed E-state index contributed by atoms with van der Waals surface area (Å²) in [6, 6.07) is 2.23. The van der Waals surface area contributed by atoms with Gasteiger partial charge in [-0.25, -0.2) is 13.4 Å². The van der Waals surface area contributed by atoms with E-state index in [0.717, 1.165) is 6.07 Å². The number of rotatable bonds is 3. The number of hydrogen-bond acceptors (Lipinski definition) is 6. The van der Waals surface area contributed by atoms with E-state index in [0.29, 0.717) is 13.1 Å². The van der Waals surface area contributed by atoms with E-state index in [2.05, 4.69) is 10.3 Å². The predicted molar refractivity (Wildman–Crippen MR) is 67.1 cm³/mol. The van der Waals surface area contributed by atoms with Crippen molar-refractivity contribution in [1.82, 2.24) is 14.6 Å². The van der Waals surface area contributed by atoms with Gasteiger partial charge in [-0.15, -0.1) is 0 Å². The van der Waals surface area contributed by atoms with Gasteiger partial charge >= 0.3 is 5.69 Å². The third-order valence-electron chi connectivity index (χ3n) is 2.94. The number of piperazine rings is 1. The molecule has 1 saturated heterocycles. The van der Waals surface area contributed by atoms with Gasteiger partial charge in [-0.05, 0) is 13.0 Å². The topological polar surface area (TPSA) is 105 Å². The Labute approximate surface area is 110 Å². The molecule has 9 heteroatoms. The van der Waals surface area contributed by atoms with Gasteiger partial charge in [-0.1, -0.05) is 0 Å². The highest BCUT2D eigenvalue weighted by Crippen LogP contribution is 2.25. The fourth-order valence-electron chi connectivity index (χ4n) is 2.01. The minimum absolute atomic E-state index is 0.264. The summed E-state index contributed by atoms with van der Waals surface area (Å²) < 4.78 is 26.2. The molecule has 1 atom stereocenters. The summed E-state index contributed by atoms with van der Waals surface area (Å²) in [5, 5.41) is 13.5. The average Bonchev–Trinajstić information content (AvgIpc) is 2.39. The third kappa shape index (κ3) is 2.57. The zero-order chi connectivity index (χ0) is 14.0. The molecular weight excluding hydrogens is 272 g/mol. The van der Waals surface area contributed by atoms with Gasteiger partial charge in [-0.2, -0.15) is 4.31 Å². The molecule has 2 rings (SSSR count). The van der Waals surface area contributed by atoms with Gasteiger partial charge in [0.1, 0.15) is 0 Å². The lowest BCUT2D eigenvalue weighted by atomic mass is 10.3. The first-order chi connectivity index (χ1) is 8.94. The number of sulfonamides is 1. The van der Waals surface area contributed by atoms with E-state index in [1.165, 1.54) is 16.6 Å². The van der Waals surface area contributed by atoms with Gasteiger partial charge in [0, 0.05) is 37.9 Å². The Kier molecular flexibility index (Phi) is 3.78. The lowest BCUT2D eigenvalue weighted by Crippen LogP contribution is -2.52. The fraction of sp³-hybridized carbons (Fsp3) is 0.500. The van der Waals surface area contributed by atoms with Crippen molar-refractivity contribution in [3.63, 3.8) is 0 Å². The Morgan fingerprint density at radius 2 is 2.32 bits per heavy atom. The molecule has 0 unspecified atom stereocenters. The number of pyridine rings is 1. The van der Waals surface area contributed by atoms with Crippen molar-refractivity contribution in [2.24, 2.45) is 0 Å². The van der Waals surface area contributed by atoms with Crippen LogP contribution < -0.4 is 5.32 Å². The zero-order valence-electron chi connectivity index (χ0n) is 10.3. The Balaban J connectivity index is 2.47. The lowest BCUT2D eigenvalue weighted by Gasteiger charge is -2.32. The molecule has 19 heavy (non-hydrogen) atoms. The summed E-state index contributed by atoms with van der Waals surface area (Å²) in [6.07, 6.45) is 1.24. The van der Waals surface area contributed by atoms with Crippen LogP contribution in [0.15, 0.2) is 23.4 Å². The second kappa shape index (κ2) is 5.19. The Morgan fingerprint density at radius 3 is 2.95 bits per heavy atom. The molecule has 0 spiro atoms. The van der Waals surface area contributed by atoms with Gasteiger partial charge in [0.2, 0.25) is 5.03 Å². The monoisotopic (exact) mass is 286 g/mol. The molecule has 1 aromatic heterocycles. The number of nitro groups is 1. The maximum absolute atomic E-state index is 12.5. The van der Waals surface area contributed by atoms with Gasteiger partial charge in [-0.3, -0.25) is 10.1 Å². The van der Waals surface area contributed by atoms with Crippen molar-refractivity contribution in [3.8, 4) is 0 Å². The molecule has 1 N–H and O–H groups in total. The van der Waals surface area contributed by atoms with Crippen LogP contribution in [0.3, 0.4) is 0 Å².